The zero-order chi connectivity index (χ0) is 26.2. The predicted octanol–water partition coefficient (Wildman–Crippen LogP) is 5.02. The average Bonchev–Trinajstić information content (AvgIpc) is 3.41. The largest absolute Gasteiger partial charge is 0.347 e. The van der Waals surface area contributed by atoms with Crippen molar-refractivity contribution in [3.05, 3.63) is 144 Å². The number of benzene rings is 3. The fourth-order valence-corrected chi connectivity index (χ4v) is 3.90. The number of para-hydroxylation sites is 1. The molecule has 2 N–H and O–H groups in total. The van der Waals surface area contributed by atoms with Crippen molar-refractivity contribution in [1.82, 2.24) is 25.4 Å². The van der Waals surface area contributed by atoms with Gasteiger partial charge in [0.1, 0.15) is 11.4 Å². The number of carbonyl (C=O) groups excluding carboxylic acids is 2. The quantitative estimate of drug-likeness (QED) is 0.294. The summed E-state index contributed by atoms with van der Waals surface area (Å²) in [6.07, 6.45) is 6.88. The maximum Gasteiger partial charge on any atom is 0.268 e. The van der Waals surface area contributed by atoms with Crippen LogP contribution in [-0.2, 0) is 11.3 Å². The summed E-state index contributed by atoms with van der Waals surface area (Å²) in [5, 5.41) is 10.5. The smallest absolute Gasteiger partial charge is 0.268 e. The maximum absolute atomic E-state index is 13.4. The molecular formula is C31H25N5O2. The van der Waals surface area contributed by atoms with Crippen LogP contribution in [0.15, 0.2) is 127 Å². The van der Waals surface area contributed by atoms with Crippen LogP contribution in [0.1, 0.15) is 21.5 Å². The van der Waals surface area contributed by atoms with E-state index in [0.717, 1.165) is 16.8 Å². The van der Waals surface area contributed by atoms with E-state index in [4.69, 9.17) is 5.10 Å². The van der Waals surface area contributed by atoms with Crippen LogP contribution in [0.25, 0.3) is 23.0 Å². The van der Waals surface area contributed by atoms with Gasteiger partial charge in [0.25, 0.3) is 11.8 Å². The SMILES string of the molecule is O=C(NCc1ccccc1)C(=Cc1cn(-c2ccccc2)nc1-c1cccnc1)NC(=O)c1ccccc1. The van der Waals surface area contributed by atoms with E-state index in [2.05, 4.69) is 15.6 Å². The van der Waals surface area contributed by atoms with Gasteiger partial charge in [-0.05, 0) is 48.0 Å². The summed E-state index contributed by atoms with van der Waals surface area (Å²) in [5.74, 6) is -0.798. The first kappa shape index (κ1) is 24.4. The zero-order valence-electron chi connectivity index (χ0n) is 20.5. The molecule has 38 heavy (non-hydrogen) atoms. The Labute approximate surface area is 220 Å². The second-order valence-corrected chi connectivity index (χ2v) is 8.50. The number of aromatic nitrogens is 3. The van der Waals surface area contributed by atoms with E-state index in [1.165, 1.54) is 0 Å². The van der Waals surface area contributed by atoms with E-state index in [-0.39, 0.29) is 11.6 Å². The number of hydrogen-bond acceptors (Lipinski definition) is 4. The molecule has 0 atom stereocenters. The van der Waals surface area contributed by atoms with Crippen LogP contribution < -0.4 is 10.6 Å². The Balaban J connectivity index is 1.54. The van der Waals surface area contributed by atoms with Gasteiger partial charge in [-0.3, -0.25) is 14.6 Å². The molecule has 7 nitrogen and oxygen atoms in total. The van der Waals surface area contributed by atoms with Gasteiger partial charge < -0.3 is 10.6 Å². The van der Waals surface area contributed by atoms with Crippen LogP contribution in [0.5, 0.6) is 0 Å². The van der Waals surface area contributed by atoms with Crippen LogP contribution >= 0.6 is 0 Å². The Kier molecular flexibility index (Phi) is 7.46. The maximum atomic E-state index is 13.4. The summed E-state index contributed by atoms with van der Waals surface area (Å²) in [5.41, 5.74) is 4.42. The molecule has 186 valence electrons. The van der Waals surface area contributed by atoms with E-state index in [1.807, 2.05) is 85.1 Å². The summed E-state index contributed by atoms with van der Waals surface area (Å²) in [6.45, 7) is 0.316. The first-order chi connectivity index (χ1) is 18.7. The number of pyridine rings is 1. The second kappa shape index (κ2) is 11.6. The van der Waals surface area contributed by atoms with Crippen molar-refractivity contribution in [2.45, 2.75) is 6.54 Å². The highest BCUT2D eigenvalue weighted by Crippen LogP contribution is 2.25. The Hall–Kier alpha value is -5.30. The molecule has 0 radical (unpaired) electrons. The Morgan fingerprint density at radius 3 is 2.18 bits per heavy atom. The highest BCUT2D eigenvalue weighted by molar-refractivity contribution is 6.05. The minimum Gasteiger partial charge on any atom is -0.347 e. The van der Waals surface area contributed by atoms with Crippen LogP contribution in [0.3, 0.4) is 0 Å². The van der Waals surface area contributed by atoms with Crippen LogP contribution in [0, 0.1) is 0 Å². The molecule has 0 aliphatic carbocycles. The monoisotopic (exact) mass is 499 g/mol. The predicted molar refractivity (Wildman–Crippen MR) is 147 cm³/mol. The third kappa shape index (κ3) is 5.91. The molecule has 3 aromatic carbocycles. The summed E-state index contributed by atoms with van der Waals surface area (Å²) >= 11 is 0. The Bertz CT molecular complexity index is 1550. The lowest BCUT2D eigenvalue weighted by Crippen LogP contribution is -2.34. The van der Waals surface area contributed by atoms with E-state index in [1.54, 1.807) is 47.4 Å². The molecular weight excluding hydrogens is 474 g/mol. The van der Waals surface area contributed by atoms with Crippen molar-refractivity contribution in [3.8, 4) is 16.9 Å². The molecule has 0 bridgehead atoms. The van der Waals surface area contributed by atoms with Crippen LogP contribution in [0.2, 0.25) is 0 Å². The van der Waals surface area contributed by atoms with Crippen LogP contribution in [-0.4, -0.2) is 26.6 Å². The topological polar surface area (TPSA) is 88.9 Å². The molecule has 2 aromatic heterocycles. The van der Waals surface area contributed by atoms with Crippen molar-refractivity contribution in [3.63, 3.8) is 0 Å². The fraction of sp³-hybridized carbons (Fsp3) is 0.0323. The van der Waals surface area contributed by atoms with Crippen molar-refractivity contribution < 1.29 is 9.59 Å². The number of carbonyl (C=O) groups is 2. The summed E-state index contributed by atoms with van der Waals surface area (Å²) in [4.78, 5) is 30.7. The minimum atomic E-state index is -0.414. The molecule has 2 heterocycles. The van der Waals surface area contributed by atoms with Gasteiger partial charge in [-0.25, -0.2) is 4.68 Å². The highest BCUT2D eigenvalue weighted by Gasteiger charge is 2.18. The molecule has 2 amide bonds. The van der Waals surface area contributed by atoms with E-state index >= 15 is 0 Å². The average molecular weight is 500 g/mol. The molecule has 0 fully saturated rings. The fourth-order valence-electron chi connectivity index (χ4n) is 3.90. The minimum absolute atomic E-state index is 0.104. The number of nitrogens with zero attached hydrogens (tertiary/aromatic N) is 3. The van der Waals surface area contributed by atoms with Crippen molar-refractivity contribution in [1.29, 1.82) is 0 Å². The molecule has 0 saturated heterocycles. The molecule has 0 saturated carbocycles. The molecule has 5 aromatic rings. The van der Waals surface area contributed by atoms with Crippen molar-refractivity contribution in [2.75, 3.05) is 0 Å². The van der Waals surface area contributed by atoms with Gasteiger partial charge in [0.15, 0.2) is 0 Å². The third-order valence-electron chi connectivity index (χ3n) is 5.82. The lowest BCUT2D eigenvalue weighted by molar-refractivity contribution is -0.117. The van der Waals surface area contributed by atoms with Crippen molar-refractivity contribution in [2.24, 2.45) is 0 Å². The van der Waals surface area contributed by atoms with Crippen molar-refractivity contribution >= 4 is 17.9 Å². The number of amides is 2. The first-order valence-corrected chi connectivity index (χ1v) is 12.1. The second-order valence-electron chi connectivity index (χ2n) is 8.50. The lowest BCUT2D eigenvalue weighted by atomic mass is 10.1. The van der Waals surface area contributed by atoms with Crippen LogP contribution in [0.4, 0.5) is 0 Å². The normalized spacial score (nSPS) is 11.1. The van der Waals surface area contributed by atoms with Gasteiger partial charge in [0.2, 0.25) is 0 Å². The van der Waals surface area contributed by atoms with Gasteiger partial charge in [0.05, 0.1) is 5.69 Å². The van der Waals surface area contributed by atoms with E-state index in [0.29, 0.717) is 23.4 Å². The molecule has 7 heteroatoms. The van der Waals surface area contributed by atoms with Gasteiger partial charge in [-0.1, -0.05) is 66.7 Å². The first-order valence-electron chi connectivity index (χ1n) is 12.1. The summed E-state index contributed by atoms with van der Waals surface area (Å²) in [6, 6.07) is 31.8. The van der Waals surface area contributed by atoms with Gasteiger partial charge in [0, 0.05) is 41.8 Å². The molecule has 0 aliphatic heterocycles. The third-order valence-corrected chi connectivity index (χ3v) is 5.82. The standard InChI is InChI=1S/C31H25N5O2/c37-30(24-13-6-2-7-14-24)34-28(31(38)33-20-23-11-4-1-5-12-23)19-26-22-36(27-16-8-3-9-17-27)35-29(26)25-15-10-18-32-21-25/h1-19,21-22H,20H2,(H,33,38)(H,34,37). The summed E-state index contributed by atoms with van der Waals surface area (Å²) in [7, 11) is 0. The molecule has 5 rings (SSSR count). The lowest BCUT2D eigenvalue weighted by Gasteiger charge is -2.11. The number of nitrogens with one attached hydrogen (secondary N) is 2. The summed E-state index contributed by atoms with van der Waals surface area (Å²) < 4.78 is 1.74. The molecule has 0 aliphatic rings. The van der Waals surface area contributed by atoms with Gasteiger partial charge >= 0.3 is 0 Å². The van der Waals surface area contributed by atoms with Gasteiger partial charge in [-0.2, -0.15) is 5.10 Å². The molecule has 0 unspecified atom stereocenters. The Morgan fingerprint density at radius 2 is 1.50 bits per heavy atom. The molecule has 0 spiro atoms. The van der Waals surface area contributed by atoms with Gasteiger partial charge in [-0.15, -0.1) is 0 Å². The van der Waals surface area contributed by atoms with E-state index in [9.17, 15) is 9.59 Å². The highest BCUT2D eigenvalue weighted by atomic mass is 16.2. The zero-order valence-corrected chi connectivity index (χ0v) is 20.5. The number of hydrogen-bond donors (Lipinski definition) is 2. The Morgan fingerprint density at radius 1 is 0.816 bits per heavy atom. The number of rotatable bonds is 8. The van der Waals surface area contributed by atoms with E-state index < -0.39 is 5.91 Å².